The Morgan fingerprint density at radius 2 is 0.925 bits per heavy atom. The maximum Gasteiger partial charge on any atom is 0.634 e. The Hall–Kier alpha value is -3.03. The predicted octanol–water partition coefficient (Wildman–Crippen LogP) is 7.95. The van der Waals surface area contributed by atoms with E-state index in [0.29, 0.717) is 37.1 Å². The minimum absolute atomic E-state index is 0.0886. The summed E-state index contributed by atoms with van der Waals surface area (Å²) < 4.78 is 125. The van der Waals surface area contributed by atoms with Gasteiger partial charge >= 0.3 is 25.9 Å². The van der Waals surface area contributed by atoms with Crippen LogP contribution in [0, 0.1) is 0 Å². The van der Waals surface area contributed by atoms with Gasteiger partial charge < -0.3 is 14.7 Å². The van der Waals surface area contributed by atoms with Gasteiger partial charge in [0.1, 0.15) is 5.60 Å². The van der Waals surface area contributed by atoms with Crippen molar-refractivity contribution in [1.29, 1.82) is 0 Å². The maximum absolute atomic E-state index is 13.3. The van der Waals surface area contributed by atoms with Crippen LogP contribution in [0.5, 0.6) is 0 Å². The third kappa shape index (κ3) is 6.99. The van der Waals surface area contributed by atoms with Gasteiger partial charge in [-0.1, -0.05) is 56.2 Å². The third-order valence-corrected chi connectivity index (χ3v) is 6.55. The Balaban J connectivity index is 2.35. The SMILES string of the molecule is CCCCC(c1ccc(C(F)(F)F)cc1)C(OB(O)O)(c1ccc(C(F)(F)F)cc1)c1ccc(C(F)(F)F)cc1. The van der Waals surface area contributed by atoms with E-state index in [2.05, 4.69) is 0 Å². The van der Waals surface area contributed by atoms with Crippen molar-refractivity contribution < 1.29 is 54.2 Å². The molecule has 3 nitrogen and oxygen atoms in total. The van der Waals surface area contributed by atoms with Gasteiger partial charge in [-0.3, -0.25) is 0 Å². The molecule has 0 radical (unpaired) electrons. The predicted molar refractivity (Wildman–Crippen MR) is 129 cm³/mol. The Morgan fingerprint density at radius 1 is 0.600 bits per heavy atom. The molecule has 0 heterocycles. The fraction of sp³-hybridized carbons (Fsp3) is 0.333. The molecule has 0 amide bonds. The molecule has 0 aliphatic carbocycles. The van der Waals surface area contributed by atoms with Crippen molar-refractivity contribution in [1.82, 2.24) is 0 Å². The third-order valence-electron chi connectivity index (χ3n) is 6.55. The van der Waals surface area contributed by atoms with Gasteiger partial charge in [0.15, 0.2) is 0 Å². The first kappa shape index (κ1) is 31.5. The van der Waals surface area contributed by atoms with Crippen molar-refractivity contribution in [2.75, 3.05) is 0 Å². The lowest BCUT2D eigenvalue weighted by atomic mass is 9.69. The Labute approximate surface area is 224 Å². The van der Waals surface area contributed by atoms with Crippen molar-refractivity contribution in [3.63, 3.8) is 0 Å². The van der Waals surface area contributed by atoms with E-state index in [4.69, 9.17) is 4.65 Å². The van der Waals surface area contributed by atoms with Gasteiger partial charge in [-0.15, -0.1) is 0 Å². The average molecular weight is 578 g/mol. The number of hydrogen-bond acceptors (Lipinski definition) is 3. The van der Waals surface area contributed by atoms with E-state index < -0.39 is 54.1 Å². The van der Waals surface area contributed by atoms with E-state index >= 15 is 0 Å². The fourth-order valence-electron chi connectivity index (χ4n) is 4.68. The molecule has 0 saturated heterocycles. The summed E-state index contributed by atoms with van der Waals surface area (Å²) in [5.74, 6) is -1.08. The second kappa shape index (κ2) is 11.8. The zero-order valence-corrected chi connectivity index (χ0v) is 20.9. The zero-order chi connectivity index (χ0) is 29.9. The van der Waals surface area contributed by atoms with E-state index in [9.17, 15) is 49.6 Å². The van der Waals surface area contributed by atoms with Crippen molar-refractivity contribution in [2.24, 2.45) is 0 Å². The summed E-state index contributed by atoms with van der Waals surface area (Å²) in [4.78, 5) is 0. The minimum Gasteiger partial charge on any atom is -0.402 e. The molecule has 216 valence electrons. The van der Waals surface area contributed by atoms with Crippen LogP contribution >= 0.6 is 0 Å². The highest BCUT2D eigenvalue weighted by molar-refractivity contribution is 6.32. The second-order valence-electron chi connectivity index (χ2n) is 9.14. The molecular formula is C27H24BF9O3. The lowest BCUT2D eigenvalue weighted by Gasteiger charge is -2.43. The van der Waals surface area contributed by atoms with Crippen LogP contribution in [0.15, 0.2) is 72.8 Å². The summed E-state index contributed by atoms with van der Waals surface area (Å²) in [7, 11) is -2.57. The Bertz CT molecular complexity index is 1180. The molecular weight excluding hydrogens is 554 g/mol. The van der Waals surface area contributed by atoms with Crippen molar-refractivity contribution in [3.8, 4) is 0 Å². The number of unbranched alkanes of at least 4 members (excludes halogenated alkanes) is 1. The number of hydrogen-bond donors (Lipinski definition) is 2. The molecule has 0 fully saturated rings. The van der Waals surface area contributed by atoms with Crippen LogP contribution in [0.1, 0.15) is 65.5 Å². The van der Waals surface area contributed by atoms with Crippen molar-refractivity contribution in [2.45, 2.75) is 56.2 Å². The zero-order valence-electron chi connectivity index (χ0n) is 20.9. The average Bonchev–Trinajstić information content (AvgIpc) is 2.87. The molecule has 0 saturated carbocycles. The molecule has 3 aromatic carbocycles. The van der Waals surface area contributed by atoms with E-state index in [-0.39, 0.29) is 23.1 Å². The number of alkyl halides is 9. The number of halogens is 9. The molecule has 2 N–H and O–H groups in total. The molecule has 0 aliphatic heterocycles. The van der Waals surface area contributed by atoms with E-state index in [0.717, 1.165) is 48.5 Å². The largest absolute Gasteiger partial charge is 0.634 e. The molecule has 1 unspecified atom stereocenters. The second-order valence-corrected chi connectivity index (χ2v) is 9.14. The highest BCUT2D eigenvalue weighted by Gasteiger charge is 2.47. The molecule has 0 aromatic heterocycles. The Morgan fingerprint density at radius 3 is 1.23 bits per heavy atom. The van der Waals surface area contributed by atoms with Crippen LogP contribution in [0.25, 0.3) is 0 Å². The summed E-state index contributed by atoms with van der Waals surface area (Å²) in [5, 5.41) is 19.9. The standard InChI is InChI=1S/C27H24BF9O3/c1-2-3-4-23(17-5-7-20(8-6-17)25(29,30)31)24(40-28(38)39,18-9-13-21(14-10-18)26(32,33)34)19-11-15-22(16-12-19)27(35,36)37/h5-16,23,38-39H,2-4H2,1H3. The van der Waals surface area contributed by atoms with Gasteiger partial charge in [0.05, 0.1) is 16.7 Å². The van der Waals surface area contributed by atoms with Gasteiger partial charge in [0.2, 0.25) is 0 Å². The molecule has 40 heavy (non-hydrogen) atoms. The molecule has 0 aliphatic rings. The van der Waals surface area contributed by atoms with Crippen molar-refractivity contribution in [3.05, 3.63) is 106 Å². The van der Waals surface area contributed by atoms with Crippen molar-refractivity contribution >= 4 is 7.32 Å². The minimum atomic E-state index is -4.73. The maximum atomic E-state index is 13.3. The van der Waals surface area contributed by atoms with Crippen LogP contribution in [-0.2, 0) is 28.8 Å². The van der Waals surface area contributed by atoms with E-state index in [1.165, 1.54) is 0 Å². The Kier molecular flexibility index (Phi) is 9.32. The monoisotopic (exact) mass is 578 g/mol. The van der Waals surface area contributed by atoms with Crippen LogP contribution < -0.4 is 0 Å². The summed E-state index contributed by atoms with van der Waals surface area (Å²) in [6, 6.07) is 10.6. The quantitative estimate of drug-likeness (QED) is 0.200. The van der Waals surface area contributed by atoms with Crippen LogP contribution in [0.4, 0.5) is 39.5 Å². The first-order valence-electron chi connectivity index (χ1n) is 12.1. The smallest absolute Gasteiger partial charge is 0.402 e. The summed E-state index contributed by atoms with van der Waals surface area (Å²) in [6.07, 6.45) is -13.1. The molecule has 13 heteroatoms. The topological polar surface area (TPSA) is 49.7 Å². The summed E-state index contributed by atoms with van der Waals surface area (Å²) in [5.41, 5.74) is -5.21. The van der Waals surface area contributed by atoms with Crippen LogP contribution in [0.3, 0.4) is 0 Å². The van der Waals surface area contributed by atoms with Gasteiger partial charge in [0, 0.05) is 5.92 Å². The number of rotatable bonds is 9. The fourth-order valence-corrected chi connectivity index (χ4v) is 4.68. The molecule has 1 atom stereocenters. The lowest BCUT2D eigenvalue weighted by molar-refractivity contribution is -0.138. The first-order valence-corrected chi connectivity index (χ1v) is 12.1. The normalized spacial score (nSPS) is 13.8. The van der Waals surface area contributed by atoms with Gasteiger partial charge in [-0.25, -0.2) is 0 Å². The summed E-state index contributed by atoms with van der Waals surface area (Å²) in [6.45, 7) is 1.80. The molecule has 0 bridgehead atoms. The molecule has 3 aromatic rings. The van der Waals surface area contributed by atoms with E-state index in [1.54, 1.807) is 6.92 Å². The first-order chi connectivity index (χ1) is 18.5. The van der Waals surface area contributed by atoms with Gasteiger partial charge in [0.25, 0.3) is 0 Å². The number of benzene rings is 3. The van der Waals surface area contributed by atoms with Crippen LogP contribution in [-0.4, -0.2) is 17.4 Å². The molecule has 0 spiro atoms. The van der Waals surface area contributed by atoms with Crippen LogP contribution in [0.2, 0.25) is 0 Å². The highest BCUT2D eigenvalue weighted by Crippen LogP contribution is 2.50. The van der Waals surface area contributed by atoms with Gasteiger partial charge in [-0.2, -0.15) is 39.5 Å². The lowest BCUT2D eigenvalue weighted by Crippen LogP contribution is -2.43. The summed E-state index contributed by atoms with van der Waals surface area (Å²) >= 11 is 0. The highest BCUT2D eigenvalue weighted by atomic mass is 19.4. The van der Waals surface area contributed by atoms with Gasteiger partial charge in [-0.05, 0) is 59.5 Å². The molecule has 3 rings (SSSR count). The van der Waals surface area contributed by atoms with E-state index in [1.807, 2.05) is 0 Å².